The summed E-state index contributed by atoms with van der Waals surface area (Å²) in [5.74, 6) is 0. The van der Waals surface area contributed by atoms with Crippen molar-refractivity contribution in [2.75, 3.05) is 0 Å². The Kier molecular flexibility index (Phi) is 8.78. The van der Waals surface area contributed by atoms with Crippen LogP contribution in [0.3, 0.4) is 0 Å². The van der Waals surface area contributed by atoms with Crippen LogP contribution in [0, 0.1) is 13.8 Å². The minimum atomic E-state index is -0.0842. The second kappa shape index (κ2) is 12.8. The van der Waals surface area contributed by atoms with Crippen molar-refractivity contribution >= 4 is 0 Å². The zero-order chi connectivity index (χ0) is 31.6. The van der Waals surface area contributed by atoms with Crippen LogP contribution in [0.25, 0.3) is 33.6 Å². The third kappa shape index (κ3) is 5.33. The molecule has 0 spiro atoms. The molecule has 0 amide bonds. The number of unbranched alkanes of at least 4 members (excludes halogenated alkanes) is 1. The van der Waals surface area contributed by atoms with Crippen LogP contribution in [-0.4, -0.2) is 0 Å². The van der Waals surface area contributed by atoms with Gasteiger partial charge in [0.05, 0.1) is 17.4 Å². The molecule has 3 aromatic carbocycles. The molecule has 2 unspecified atom stereocenters. The van der Waals surface area contributed by atoms with Crippen LogP contribution in [-0.2, 0) is 23.9 Å². The molecule has 2 heteroatoms. The number of benzene rings is 3. The molecule has 6 rings (SSSR count). The largest absolute Gasteiger partial charge is 0.213 e. The van der Waals surface area contributed by atoms with Gasteiger partial charge in [0.2, 0.25) is 11.4 Å². The van der Waals surface area contributed by atoms with Crippen LogP contribution in [0.2, 0.25) is 0 Å². The monoisotopic (exact) mass is 594 g/mol. The average Bonchev–Trinajstić information content (AvgIpc) is 3.08. The molecule has 2 nitrogen and oxygen atoms in total. The summed E-state index contributed by atoms with van der Waals surface area (Å²) in [4.78, 5) is 0. The van der Waals surface area contributed by atoms with Gasteiger partial charge < -0.3 is 0 Å². The van der Waals surface area contributed by atoms with Crippen molar-refractivity contribution in [2.45, 2.75) is 97.6 Å². The average molecular weight is 595 g/mol. The molecule has 0 radical (unpaired) electrons. The summed E-state index contributed by atoms with van der Waals surface area (Å²) in [6.07, 6.45) is 9.18. The quantitative estimate of drug-likeness (QED) is 0.142. The number of hydrogen-bond donors (Lipinski definition) is 0. The van der Waals surface area contributed by atoms with Crippen LogP contribution >= 0.6 is 0 Å². The molecule has 1 aliphatic heterocycles. The van der Waals surface area contributed by atoms with Crippen molar-refractivity contribution in [3.05, 3.63) is 132 Å². The maximum absolute atomic E-state index is 2.75. The highest BCUT2D eigenvalue weighted by molar-refractivity contribution is 5.67. The number of pyridine rings is 2. The van der Waals surface area contributed by atoms with Gasteiger partial charge >= 0.3 is 0 Å². The second-order valence-electron chi connectivity index (χ2n) is 13.4. The lowest BCUT2D eigenvalue weighted by molar-refractivity contribution is -0.786. The molecule has 0 aliphatic carbocycles. The van der Waals surface area contributed by atoms with E-state index < -0.39 is 0 Å². The summed E-state index contributed by atoms with van der Waals surface area (Å²) in [5, 5.41) is 0. The molecule has 0 fully saturated rings. The topological polar surface area (TPSA) is 7.76 Å². The summed E-state index contributed by atoms with van der Waals surface area (Å²) >= 11 is 0. The Hall–Kier alpha value is -4.04. The number of aromatic nitrogens is 2. The molecular weight excluding hydrogens is 544 g/mol. The van der Waals surface area contributed by atoms with Gasteiger partial charge in [-0.05, 0) is 79.6 Å². The van der Waals surface area contributed by atoms with Crippen molar-refractivity contribution in [1.29, 1.82) is 0 Å². The van der Waals surface area contributed by atoms with Gasteiger partial charge in [0.15, 0.2) is 24.0 Å². The van der Waals surface area contributed by atoms with Gasteiger partial charge in [0.25, 0.3) is 0 Å². The Balaban J connectivity index is 1.51. The molecule has 2 aromatic heterocycles. The van der Waals surface area contributed by atoms with Crippen molar-refractivity contribution in [3.63, 3.8) is 0 Å². The minimum absolute atomic E-state index is 0.0232. The lowest BCUT2D eigenvalue weighted by Crippen LogP contribution is -2.71. The lowest BCUT2D eigenvalue weighted by atomic mass is 9.58. The first-order valence-corrected chi connectivity index (χ1v) is 17.2. The Morgan fingerprint density at radius 3 is 2.18 bits per heavy atom. The van der Waals surface area contributed by atoms with Gasteiger partial charge in [0, 0.05) is 42.7 Å². The minimum Gasteiger partial charge on any atom is -0.197 e. The van der Waals surface area contributed by atoms with Crippen LogP contribution < -0.4 is 9.13 Å². The number of aryl methyl sites for hydroxylation is 4. The normalized spacial score (nSPS) is 18.8. The molecule has 0 N–H and O–H groups in total. The molecule has 0 bridgehead atoms. The fourth-order valence-electron chi connectivity index (χ4n) is 8.29. The highest BCUT2D eigenvalue weighted by atomic mass is 15.1. The van der Waals surface area contributed by atoms with Crippen LogP contribution in [0.5, 0.6) is 0 Å². The fraction of sp³-hybridized carbons (Fsp3) is 0.349. The molecule has 5 aromatic rings. The Bertz CT molecular complexity index is 1800. The number of nitrogens with zero attached hydrogens (tertiary/aromatic N) is 2. The highest BCUT2D eigenvalue weighted by Crippen LogP contribution is 2.51. The molecule has 3 heterocycles. The third-order valence-corrected chi connectivity index (χ3v) is 11.0. The molecule has 0 saturated heterocycles. The van der Waals surface area contributed by atoms with E-state index in [0.717, 1.165) is 32.2 Å². The maximum Gasteiger partial charge on any atom is 0.213 e. The van der Waals surface area contributed by atoms with Gasteiger partial charge in [-0.2, -0.15) is 9.13 Å². The van der Waals surface area contributed by atoms with Gasteiger partial charge in [-0.15, -0.1) is 0 Å². The van der Waals surface area contributed by atoms with Gasteiger partial charge in [-0.3, -0.25) is 0 Å². The first-order chi connectivity index (χ1) is 21.9. The van der Waals surface area contributed by atoms with Crippen LogP contribution in [0.4, 0.5) is 0 Å². The molecule has 45 heavy (non-hydrogen) atoms. The predicted octanol–water partition coefficient (Wildman–Crippen LogP) is 10.1. The first kappa shape index (κ1) is 31.0. The number of fused-ring (bicyclic) bond motifs is 3. The summed E-state index contributed by atoms with van der Waals surface area (Å²) in [5.41, 5.74) is 13.4. The third-order valence-electron chi connectivity index (χ3n) is 11.0. The van der Waals surface area contributed by atoms with Crippen LogP contribution in [0.15, 0.2) is 109 Å². The smallest absolute Gasteiger partial charge is 0.197 e. The van der Waals surface area contributed by atoms with E-state index in [2.05, 4.69) is 160 Å². The van der Waals surface area contributed by atoms with E-state index in [-0.39, 0.29) is 11.0 Å². The SMILES string of the molecule is CCCCc1ccc2c(c1)-c1cccc(C)[n+]1C(CC)(CC[n+]1cc(-c3ccccc3)ccc1-c1ccccc1C)C2(C)CC. The van der Waals surface area contributed by atoms with Gasteiger partial charge in [0.1, 0.15) is 0 Å². The maximum atomic E-state index is 2.75. The van der Waals surface area contributed by atoms with E-state index in [1.807, 2.05) is 0 Å². The fourth-order valence-corrected chi connectivity index (χ4v) is 8.29. The molecule has 0 saturated carbocycles. The first-order valence-electron chi connectivity index (χ1n) is 17.2. The predicted molar refractivity (Wildman–Crippen MR) is 188 cm³/mol. The van der Waals surface area contributed by atoms with E-state index in [4.69, 9.17) is 0 Å². The number of rotatable bonds is 10. The Morgan fingerprint density at radius 2 is 1.44 bits per heavy atom. The van der Waals surface area contributed by atoms with E-state index in [1.165, 1.54) is 68.9 Å². The number of hydrogen-bond acceptors (Lipinski definition) is 0. The van der Waals surface area contributed by atoms with Crippen molar-refractivity contribution < 1.29 is 9.13 Å². The van der Waals surface area contributed by atoms with E-state index in [9.17, 15) is 0 Å². The molecular formula is C43H50N2+2. The van der Waals surface area contributed by atoms with E-state index in [1.54, 1.807) is 0 Å². The highest BCUT2D eigenvalue weighted by Gasteiger charge is 2.60. The Labute approximate surface area is 271 Å². The summed E-state index contributed by atoms with van der Waals surface area (Å²) < 4.78 is 5.29. The van der Waals surface area contributed by atoms with Crippen molar-refractivity contribution in [2.24, 2.45) is 0 Å². The molecule has 230 valence electrons. The summed E-state index contributed by atoms with van der Waals surface area (Å²) in [6.45, 7) is 15.1. The van der Waals surface area contributed by atoms with Crippen molar-refractivity contribution in [3.8, 4) is 33.6 Å². The zero-order valence-electron chi connectivity index (χ0n) is 28.2. The van der Waals surface area contributed by atoms with E-state index in [0.29, 0.717) is 0 Å². The van der Waals surface area contributed by atoms with Gasteiger partial charge in [-0.1, -0.05) is 87.9 Å². The molecule has 1 aliphatic rings. The van der Waals surface area contributed by atoms with Crippen molar-refractivity contribution in [1.82, 2.24) is 0 Å². The lowest BCUT2D eigenvalue weighted by Gasteiger charge is -2.48. The van der Waals surface area contributed by atoms with Crippen LogP contribution in [0.1, 0.15) is 82.2 Å². The summed E-state index contributed by atoms with van der Waals surface area (Å²) in [7, 11) is 0. The summed E-state index contributed by atoms with van der Waals surface area (Å²) in [6, 6.07) is 38.6. The van der Waals surface area contributed by atoms with E-state index >= 15 is 0 Å². The standard InChI is InChI=1S/C43H50N2/c1-7-10-19-34-24-26-39-38(30-34)41-23-16-18-33(5)45(41)43(9-3,42(39,6)8-2)28-29-44-31-36(35-20-12-11-13-21-35)25-27-40(44)37-22-15-14-17-32(37)4/h11-18,20-27,30-31H,7-10,19,28-29H2,1-6H3/q+2. The molecule has 2 atom stereocenters. The zero-order valence-corrected chi connectivity index (χ0v) is 28.2. The van der Waals surface area contributed by atoms with Gasteiger partial charge in [-0.25, -0.2) is 0 Å². The Morgan fingerprint density at radius 1 is 0.667 bits per heavy atom. The second-order valence-corrected chi connectivity index (χ2v) is 13.4.